The van der Waals surface area contributed by atoms with Gasteiger partial charge >= 0.3 is 0 Å². The van der Waals surface area contributed by atoms with Crippen LogP contribution >= 0.6 is 11.6 Å². The fraction of sp³-hybridized carbons (Fsp3) is 0.391. The zero-order valence-electron chi connectivity index (χ0n) is 17.0. The van der Waals surface area contributed by atoms with Gasteiger partial charge in [0, 0.05) is 24.0 Å². The van der Waals surface area contributed by atoms with Crippen LogP contribution in [0.1, 0.15) is 43.9 Å². The van der Waals surface area contributed by atoms with E-state index >= 15 is 0 Å². The highest BCUT2D eigenvalue weighted by molar-refractivity contribution is 6.31. The lowest BCUT2D eigenvalue weighted by Crippen LogP contribution is -2.49. The van der Waals surface area contributed by atoms with Gasteiger partial charge in [0.2, 0.25) is 11.8 Å². The second kappa shape index (κ2) is 10.3. The zero-order chi connectivity index (χ0) is 20.7. The molecule has 0 saturated heterocycles. The summed E-state index contributed by atoms with van der Waals surface area (Å²) in [6, 6.07) is 15.0. The third-order valence-corrected chi connectivity index (χ3v) is 5.01. The van der Waals surface area contributed by atoms with Crippen molar-refractivity contribution >= 4 is 23.4 Å². The molecule has 5 heteroatoms. The highest BCUT2D eigenvalue weighted by Crippen LogP contribution is 2.20. The lowest BCUT2D eigenvalue weighted by Gasteiger charge is -2.29. The van der Waals surface area contributed by atoms with Crippen LogP contribution in [-0.2, 0) is 22.6 Å². The van der Waals surface area contributed by atoms with Gasteiger partial charge in [0.05, 0.1) is 0 Å². The Hall–Kier alpha value is -2.33. The molecular formula is C23H29ClN2O2. The number of nitrogens with one attached hydrogen (secondary N) is 1. The molecular weight excluding hydrogens is 372 g/mol. The second-order valence-corrected chi connectivity index (χ2v) is 7.85. The van der Waals surface area contributed by atoms with Crippen LogP contribution in [0.2, 0.25) is 5.02 Å². The first-order valence-corrected chi connectivity index (χ1v) is 10.0. The predicted molar refractivity (Wildman–Crippen MR) is 114 cm³/mol. The highest BCUT2D eigenvalue weighted by atomic mass is 35.5. The van der Waals surface area contributed by atoms with E-state index in [1.54, 1.807) is 17.9 Å². The molecule has 1 atom stereocenters. The van der Waals surface area contributed by atoms with Gasteiger partial charge in [-0.15, -0.1) is 0 Å². The summed E-state index contributed by atoms with van der Waals surface area (Å²) in [5.74, 6) is -0.224. The van der Waals surface area contributed by atoms with E-state index in [1.165, 1.54) is 5.56 Å². The van der Waals surface area contributed by atoms with E-state index in [0.29, 0.717) is 24.4 Å². The Bertz CT molecular complexity index is 803. The second-order valence-electron chi connectivity index (χ2n) is 7.44. The molecule has 2 aromatic rings. The largest absolute Gasteiger partial charge is 0.352 e. The Labute approximate surface area is 172 Å². The molecule has 1 unspecified atom stereocenters. The van der Waals surface area contributed by atoms with E-state index in [0.717, 1.165) is 11.1 Å². The Morgan fingerprint density at radius 1 is 1.04 bits per heavy atom. The summed E-state index contributed by atoms with van der Waals surface area (Å²) in [5.41, 5.74) is 3.13. The quantitative estimate of drug-likeness (QED) is 0.708. The maximum absolute atomic E-state index is 13.0. The van der Waals surface area contributed by atoms with Crippen molar-refractivity contribution in [2.45, 2.75) is 59.2 Å². The molecule has 0 heterocycles. The standard InChI is InChI=1S/C23H29ClN2O2/c1-16(2)25-23(28)18(4)26(15-20-7-5-6-8-21(20)24)22(27)14-13-19-11-9-17(3)10-12-19/h5-12,16,18H,13-15H2,1-4H3,(H,25,28). The monoisotopic (exact) mass is 400 g/mol. The zero-order valence-corrected chi connectivity index (χ0v) is 17.8. The van der Waals surface area contributed by atoms with Crippen molar-refractivity contribution in [1.29, 1.82) is 0 Å². The van der Waals surface area contributed by atoms with Crippen molar-refractivity contribution in [3.63, 3.8) is 0 Å². The first-order chi connectivity index (χ1) is 13.3. The Morgan fingerprint density at radius 3 is 2.29 bits per heavy atom. The van der Waals surface area contributed by atoms with Gasteiger partial charge in [-0.05, 0) is 51.3 Å². The SMILES string of the molecule is Cc1ccc(CCC(=O)N(Cc2ccccc2Cl)C(C)C(=O)NC(C)C)cc1. The van der Waals surface area contributed by atoms with Crippen LogP contribution in [0.5, 0.6) is 0 Å². The molecule has 0 saturated carbocycles. The highest BCUT2D eigenvalue weighted by Gasteiger charge is 2.26. The van der Waals surface area contributed by atoms with E-state index in [9.17, 15) is 9.59 Å². The minimum Gasteiger partial charge on any atom is -0.352 e. The van der Waals surface area contributed by atoms with Crippen LogP contribution in [-0.4, -0.2) is 28.8 Å². The van der Waals surface area contributed by atoms with E-state index in [4.69, 9.17) is 11.6 Å². The van der Waals surface area contributed by atoms with Gasteiger partial charge in [-0.2, -0.15) is 0 Å². The third kappa shape index (κ3) is 6.38. The van der Waals surface area contributed by atoms with Crippen LogP contribution in [0.25, 0.3) is 0 Å². The van der Waals surface area contributed by atoms with E-state index < -0.39 is 6.04 Å². The van der Waals surface area contributed by atoms with E-state index in [1.807, 2.05) is 63.2 Å². The maximum Gasteiger partial charge on any atom is 0.242 e. The number of rotatable bonds is 8. The number of benzene rings is 2. The van der Waals surface area contributed by atoms with Crippen molar-refractivity contribution in [2.24, 2.45) is 0 Å². The van der Waals surface area contributed by atoms with E-state index in [-0.39, 0.29) is 17.9 Å². The minimum absolute atomic E-state index is 0.0137. The normalized spacial score (nSPS) is 11.9. The molecule has 2 rings (SSSR count). The molecule has 1 N–H and O–H groups in total. The third-order valence-electron chi connectivity index (χ3n) is 4.64. The van der Waals surface area contributed by atoms with Gasteiger partial charge in [0.25, 0.3) is 0 Å². The molecule has 0 fully saturated rings. The smallest absolute Gasteiger partial charge is 0.242 e. The van der Waals surface area contributed by atoms with Crippen LogP contribution in [0, 0.1) is 6.92 Å². The van der Waals surface area contributed by atoms with Crippen molar-refractivity contribution < 1.29 is 9.59 Å². The lowest BCUT2D eigenvalue weighted by atomic mass is 10.1. The fourth-order valence-electron chi connectivity index (χ4n) is 2.95. The molecule has 2 amide bonds. The summed E-state index contributed by atoms with van der Waals surface area (Å²) < 4.78 is 0. The summed E-state index contributed by atoms with van der Waals surface area (Å²) in [4.78, 5) is 27.2. The predicted octanol–water partition coefficient (Wildman–Crippen LogP) is 4.52. The van der Waals surface area contributed by atoms with Crippen LogP contribution < -0.4 is 5.32 Å². The van der Waals surface area contributed by atoms with Crippen LogP contribution in [0.15, 0.2) is 48.5 Å². The van der Waals surface area contributed by atoms with Gasteiger partial charge in [0.15, 0.2) is 0 Å². The molecule has 4 nitrogen and oxygen atoms in total. The van der Waals surface area contributed by atoms with Gasteiger partial charge in [-0.1, -0.05) is 59.6 Å². The summed E-state index contributed by atoms with van der Waals surface area (Å²) in [5, 5.41) is 3.49. The lowest BCUT2D eigenvalue weighted by molar-refractivity contribution is -0.140. The number of halogens is 1. The molecule has 0 aliphatic rings. The van der Waals surface area contributed by atoms with Gasteiger partial charge in [-0.25, -0.2) is 0 Å². The number of amides is 2. The summed E-state index contributed by atoms with van der Waals surface area (Å²) in [6.45, 7) is 7.91. The van der Waals surface area contributed by atoms with Gasteiger partial charge in [-0.3, -0.25) is 9.59 Å². The molecule has 28 heavy (non-hydrogen) atoms. The van der Waals surface area contributed by atoms with Crippen molar-refractivity contribution in [3.05, 3.63) is 70.2 Å². The summed E-state index contributed by atoms with van der Waals surface area (Å²) in [6.07, 6.45) is 0.976. The maximum atomic E-state index is 13.0. The van der Waals surface area contributed by atoms with Crippen molar-refractivity contribution in [3.8, 4) is 0 Å². The van der Waals surface area contributed by atoms with Gasteiger partial charge < -0.3 is 10.2 Å². The first-order valence-electron chi connectivity index (χ1n) is 9.66. The number of carbonyl (C=O) groups excluding carboxylic acids is 2. The van der Waals surface area contributed by atoms with E-state index in [2.05, 4.69) is 5.32 Å². The summed E-state index contributed by atoms with van der Waals surface area (Å²) >= 11 is 6.29. The fourth-order valence-corrected chi connectivity index (χ4v) is 3.14. The molecule has 0 radical (unpaired) electrons. The molecule has 0 spiro atoms. The Balaban J connectivity index is 2.15. The van der Waals surface area contributed by atoms with Crippen LogP contribution in [0.4, 0.5) is 0 Å². The van der Waals surface area contributed by atoms with Crippen molar-refractivity contribution in [1.82, 2.24) is 10.2 Å². The average Bonchev–Trinajstić information content (AvgIpc) is 2.65. The first kappa shape index (κ1) is 22.0. The number of nitrogens with zero attached hydrogens (tertiary/aromatic N) is 1. The topological polar surface area (TPSA) is 49.4 Å². The molecule has 150 valence electrons. The van der Waals surface area contributed by atoms with Gasteiger partial charge in [0.1, 0.15) is 6.04 Å². The molecule has 0 aromatic heterocycles. The van der Waals surface area contributed by atoms with Crippen molar-refractivity contribution in [2.75, 3.05) is 0 Å². The molecule has 0 bridgehead atoms. The minimum atomic E-state index is -0.579. The number of carbonyl (C=O) groups is 2. The average molecular weight is 401 g/mol. The Kier molecular flexibility index (Phi) is 8.06. The number of hydrogen-bond donors (Lipinski definition) is 1. The molecule has 0 aliphatic heterocycles. The molecule has 0 aliphatic carbocycles. The number of hydrogen-bond acceptors (Lipinski definition) is 2. The molecule has 2 aromatic carbocycles. The number of aryl methyl sites for hydroxylation is 2. The summed E-state index contributed by atoms with van der Waals surface area (Å²) in [7, 11) is 0. The Morgan fingerprint density at radius 2 is 1.68 bits per heavy atom. The van der Waals surface area contributed by atoms with Crippen LogP contribution in [0.3, 0.4) is 0 Å².